The maximum Gasteiger partial charge on any atom is 0.244 e. The van der Waals surface area contributed by atoms with Gasteiger partial charge in [0.15, 0.2) is 0 Å². The second-order valence-electron chi connectivity index (χ2n) is 6.76. The van der Waals surface area contributed by atoms with Crippen molar-refractivity contribution in [3.8, 4) is 10.7 Å². The zero-order chi connectivity index (χ0) is 20.6. The Morgan fingerprint density at radius 1 is 1.17 bits per heavy atom. The summed E-state index contributed by atoms with van der Waals surface area (Å²) in [7, 11) is -3.62. The third-order valence-electron chi connectivity index (χ3n) is 4.91. The summed E-state index contributed by atoms with van der Waals surface area (Å²) in [4.78, 5) is 8.01. The van der Waals surface area contributed by atoms with Gasteiger partial charge in [-0.15, -0.1) is 11.3 Å². The van der Waals surface area contributed by atoms with E-state index in [1.165, 1.54) is 27.8 Å². The first kappa shape index (κ1) is 20.0. The summed E-state index contributed by atoms with van der Waals surface area (Å²) in [6, 6.07) is 7.88. The molecule has 3 heterocycles. The molecule has 1 aliphatic rings. The van der Waals surface area contributed by atoms with E-state index in [-0.39, 0.29) is 10.7 Å². The predicted octanol–water partition coefficient (Wildman–Crippen LogP) is 3.32. The lowest BCUT2D eigenvalue weighted by Gasteiger charge is -2.35. The highest BCUT2D eigenvalue weighted by Crippen LogP contribution is 2.34. The highest BCUT2D eigenvalue weighted by atomic mass is 32.2. The fraction of sp³-hybridized carbons (Fsp3) is 0.368. The van der Waals surface area contributed by atoms with Crippen molar-refractivity contribution in [3.05, 3.63) is 46.9 Å². The first-order valence-electron chi connectivity index (χ1n) is 9.32. The normalized spacial score (nSPS) is 15.8. The number of nitrogens with zero attached hydrogens (tertiary/aromatic N) is 4. The largest absolute Gasteiger partial charge is 0.369 e. The van der Waals surface area contributed by atoms with Crippen LogP contribution in [0, 0.1) is 12.7 Å². The molecule has 0 bridgehead atoms. The summed E-state index contributed by atoms with van der Waals surface area (Å²) >= 11 is 1.34. The van der Waals surface area contributed by atoms with Gasteiger partial charge in [-0.2, -0.15) is 9.29 Å². The van der Waals surface area contributed by atoms with Crippen LogP contribution >= 0.6 is 11.3 Å². The number of piperazine rings is 1. The van der Waals surface area contributed by atoms with Crippen LogP contribution in [0.3, 0.4) is 0 Å². The minimum Gasteiger partial charge on any atom is -0.369 e. The summed E-state index contributed by atoms with van der Waals surface area (Å²) in [5.74, 6) is 0.649. The molecule has 2 aromatic heterocycles. The minimum absolute atomic E-state index is 0.286. The lowest BCUT2D eigenvalue weighted by atomic mass is 10.2. The number of halogens is 1. The van der Waals surface area contributed by atoms with Crippen LogP contribution in [0.15, 0.2) is 39.8 Å². The summed E-state index contributed by atoms with van der Waals surface area (Å²) in [5.41, 5.74) is 0.890. The molecule has 1 saturated heterocycles. The number of rotatable bonds is 5. The van der Waals surface area contributed by atoms with Crippen molar-refractivity contribution in [2.75, 3.05) is 31.1 Å². The first-order valence-corrected chi connectivity index (χ1v) is 11.6. The average Bonchev–Trinajstić information content (AvgIpc) is 3.35. The molecule has 1 aliphatic heterocycles. The first-order chi connectivity index (χ1) is 13.9. The van der Waals surface area contributed by atoms with Crippen molar-refractivity contribution in [1.29, 1.82) is 0 Å². The van der Waals surface area contributed by atoms with Crippen LogP contribution in [0.4, 0.5) is 10.1 Å². The summed E-state index contributed by atoms with van der Waals surface area (Å²) in [6.45, 7) is 5.53. The van der Waals surface area contributed by atoms with E-state index in [1.54, 1.807) is 25.1 Å². The Morgan fingerprint density at radius 3 is 2.48 bits per heavy atom. The molecule has 0 radical (unpaired) electrons. The van der Waals surface area contributed by atoms with Gasteiger partial charge in [0.1, 0.15) is 5.82 Å². The summed E-state index contributed by atoms with van der Waals surface area (Å²) < 4.78 is 46.2. The van der Waals surface area contributed by atoms with Gasteiger partial charge in [0, 0.05) is 43.2 Å². The smallest absolute Gasteiger partial charge is 0.244 e. The predicted molar refractivity (Wildman–Crippen MR) is 109 cm³/mol. The average molecular weight is 437 g/mol. The number of benzene rings is 1. The SMILES string of the molecule is CCc1nc(-c2cc(S(=O)(=O)N3CCN(c4ccc(F)cc4)CC3)c(C)s2)no1. The van der Waals surface area contributed by atoms with E-state index in [9.17, 15) is 12.8 Å². The highest BCUT2D eigenvalue weighted by molar-refractivity contribution is 7.89. The molecule has 7 nitrogen and oxygen atoms in total. The van der Waals surface area contributed by atoms with Gasteiger partial charge in [0.2, 0.25) is 21.7 Å². The molecule has 154 valence electrons. The Balaban J connectivity index is 1.51. The van der Waals surface area contributed by atoms with Crippen molar-refractivity contribution in [1.82, 2.24) is 14.4 Å². The fourth-order valence-corrected chi connectivity index (χ4v) is 6.22. The van der Waals surface area contributed by atoms with Gasteiger partial charge < -0.3 is 9.42 Å². The zero-order valence-corrected chi connectivity index (χ0v) is 17.8. The second-order valence-corrected chi connectivity index (χ2v) is 9.93. The van der Waals surface area contributed by atoms with E-state index >= 15 is 0 Å². The number of hydrogen-bond donors (Lipinski definition) is 0. The van der Waals surface area contributed by atoms with E-state index < -0.39 is 10.0 Å². The molecule has 1 fully saturated rings. The Hall–Kier alpha value is -2.30. The molecular formula is C19H21FN4O3S2. The molecule has 0 saturated carbocycles. The van der Waals surface area contributed by atoms with Gasteiger partial charge in [0.05, 0.1) is 9.77 Å². The maximum atomic E-state index is 13.2. The minimum atomic E-state index is -3.62. The standard InChI is InChI=1S/C19H21FN4O3S2/c1-3-18-21-19(22-27-18)16-12-17(13(2)28-16)29(25,26)24-10-8-23(9-11-24)15-6-4-14(20)5-7-15/h4-7,12H,3,8-11H2,1-2H3. The molecule has 0 unspecified atom stereocenters. The molecule has 3 aromatic rings. The van der Waals surface area contributed by atoms with Gasteiger partial charge in [-0.25, -0.2) is 12.8 Å². The lowest BCUT2D eigenvalue weighted by molar-refractivity contribution is 0.382. The van der Waals surface area contributed by atoms with Crippen LogP contribution in [0.5, 0.6) is 0 Å². The maximum absolute atomic E-state index is 13.2. The van der Waals surface area contributed by atoms with Crippen LogP contribution in [-0.4, -0.2) is 49.0 Å². The molecule has 1 aromatic carbocycles. The zero-order valence-electron chi connectivity index (χ0n) is 16.1. The van der Waals surface area contributed by atoms with Crippen LogP contribution in [-0.2, 0) is 16.4 Å². The molecule has 0 amide bonds. The third-order valence-corrected chi connectivity index (χ3v) is 8.11. The Morgan fingerprint density at radius 2 is 1.86 bits per heavy atom. The van der Waals surface area contributed by atoms with Crippen LogP contribution in [0.25, 0.3) is 10.7 Å². The van der Waals surface area contributed by atoms with Crippen molar-refractivity contribution in [2.45, 2.75) is 25.2 Å². The van der Waals surface area contributed by atoms with Gasteiger partial charge >= 0.3 is 0 Å². The van der Waals surface area contributed by atoms with Crippen LogP contribution < -0.4 is 4.90 Å². The monoisotopic (exact) mass is 436 g/mol. The van der Waals surface area contributed by atoms with Crippen molar-refractivity contribution in [3.63, 3.8) is 0 Å². The van der Waals surface area contributed by atoms with Crippen molar-refractivity contribution >= 4 is 27.0 Å². The van der Waals surface area contributed by atoms with E-state index in [2.05, 4.69) is 15.0 Å². The lowest BCUT2D eigenvalue weighted by Crippen LogP contribution is -2.48. The van der Waals surface area contributed by atoms with Crippen molar-refractivity contribution in [2.24, 2.45) is 0 Å². The number of aromatic nitrogens is 2. The second kappa shape index (κ2) is 7.85. The van der Waals surface area contributed by atoms with Gasteiger partial charge in [-0.1, -0.05) is 12.1 Å². The number of thiophene rings is 1. The number of aryl methyl sites for hydroxylation is 2. The Labute approximate surface area is 172 Å². The summed E-state index contributed by atoms with van der Waals surface area (Å²) in [6.07, 6.45) is 0.626. The van der Waals surface area contributed by atoms with Gasteiger partial charge in [0.25, 0.3) is 0 Å². The molecule has 0 spiro atoms. The number of hydrogen-bond acceptors (Lipinski definition) is 7. The van der Waals surface area contributed by atoms with E-state index in [4.69, 9.17) is 4.52 Å². The summed E-state index contributed by atoms with van der Waals surface area (Å²) in [5, 5.41) is 3.94. The third kappa shape index (κ3) is 3.92. The Kier molecular flexibility index (Phi) is 5.41. The van der Waals surface area contributed by atoms with E-state index in [0.717, 1.165) is 5.69 Å². The number of sulfonamides is 1. The quantitative estimate of drug-likeness (QED) is 0.611. The van der Waals surface area contributed by atoms with E-state index in [0.29, 0.717) is 54.1 Å². The molecule has 0 aliphatic carbocycles. The van der Waals surface area contributed by atoms with Gasteiger partial charge in [-0.3, -0.25) is 0 Å². The molecule has 0 atom stereocenters. The highest BCUT2D eigenvalue weighted by Gasteiger charge is 2.31. The van der Waals surface area contributed by atoms with Crippen LogP contribution in [0.1, 0.15) is 17.7 Å². The number of anilines is 1. The molecular weight excluding hydrogens is 415 g/mol. The molecule has 0 N–H and O–H groups in total. The fourth-order valence-electron chi connectivity index (χ4n) is 3.31. The van der Waals surface area contributed by atoms with E-state index in [1.807, 2.05) is 6.92 Å². The van der Waals surface area contributed by atoms with Crippen LogP contribution in [0.2, 0.25) is 0 Å². The van der Waals surface area contributed by atoms with Gasteiger partial charge in [-0.05, 0) is 37.3 Å². The molecule has 4 rings (SSSR count). The van der Waals surface area contributed by atoms with Crippen molar-refractivity contribution < 1.29 is 17.3 Å². The topological polar surface area (TPSA) is 79.5 Å². The molecule has 29 heavy (non-hydrogen) atoms. The Bertz CT molecular complexity index is 1100. The molecule has 10 heteroatoms.